The van der Waals surface area contributed by atoms with Gasteiger partial charge >= 0.3 is 0 Å². The van der Waals surface area contributed by atoms with Gasteiger partial charge in [-0.15, -0.1) is 0 Å². The summed E-state index contributed by atoms with van der Waals surface area (Å²) in [5.41, 5.74) is 3.36. The third-order valence-corrected chi connectivity index (χ3v) is 5.43. The second-order valence-electron chi connectivity index (χ2n) is 6.23. The van der Waals surface area contributed by atoms with E-state index in [4.69, 9.17) is 4.42 Å². The van der Waals surface area contributed by atoms with Crippen molar-refractivity contribution in [3.63, 3.8) is 0 Å². The van der Waals surface area contributed by atoms with Crippen LogP contribution in [0.2, 0.25) is 0 Å². The van der Waals surface area contributed by atoms with Crippen LogP contribution in [0.15, 0.2) is 59.0 Å². The van der Waals surface area contributed by atoms with E-state index in [0.29, 0.717) is 18.0 Å². The van der Waals surface area contributed by atoms with E-state index in [2.05, 4.69) is 9.71 Å². The van der Waals surface area contributed by atoms with E-state index in [1.807, 2.05) is 49.4 Å². The van der Waals surface area contributed by atoms with Gasteiger partial charge < -0.3 is 4.42 Å². The lowest BCUT2D eigenvalue weighted by Gasteiger charge is -2.09. The number of benzene rings is 2. The van der Waals surface area contributed by atoms with Gasteiger partial charge in [0, 0.05) is 18.2 Å². The maximum atomic E-state index is 12.3. The molecule has 1 heterocycles. The number of anilines is 1. The molecule has 1 aromatic heterocycles. The molecule has 0 saturated carbocycles. The molecular weight excluding hydrogens is 348 g/mol. The molecule has 2 aromatic carbocycles. The third-order valence-electron chi connectivity index (χ3n) is 4.06. The second-order valence-corrected chi connectivity index (χ2v) is 8.07. The van der Waals surface area contributed by atoms with Gasteiger partial charge in [-0.3, -0.25) is 4.72 Å². The van der Waals surface area contributed by atoms with Gasteiger partial charge in [-0.1, -0.05) is 42.5 Å². The SMILES string of the molecule is Cc1nc(-c2ccc(NS(=O)(=O)CCCc3ccccc3)cc2)c(C)o1. The predicted octanol–water partition coefficient (Wildman–Crippen LogP) is 4.33. The zero-order valence-electron chi connectivity index (χ0n) is 14.9. The molecule has 0 unspecified atom stereocenters. The van der Waals surface area contributed by atoms with E-state index < -0.39 is 10.0 Å². The van der Waals surface area contributed by atoms with Crippen LogP contribution < -0.4 is 4.72 Å². The first-order valence-corrected chi connectivity index (χ1v) is 10.2. The van der Waals surface area contributed by atoms with Crippen molar-refractivity contribution in [1.29, 1.82) is 0 Å². The Morgan fingerprint density at radius 2 is 1.69 bits per heavy atom. The predicted molar refractivity (Wildman–Crippen MR) is 104 cm³/mol. The number of nitrogens with zero attached hydrogens (tertiary/aromatic N) is 1. The fraction of sp³-hybridized carbons (Fsp3) is 0.250. The largest absolute Gasteiger partial charge is 0.446 e. The Bertz CT molecular complexity index is 962. The Kier molecular flexibility index (Phi) is 5.42. The van der Waals surface area contributed by atoms with Crippen LogP contribution in [0, 0.1) is 13.8 Å². The summed E-state index contributed by atoms with van der Waals surface area (Å²) in [6, 6.07) is 17.1. The highest BCUT2D eigenvalue weighted by Crippen LogP contribution is 2.25. The summed E-state index contributed by atoms with van der Waals surface area (Å²) < 4.78 is 32.6. The molecule has 0 spiro atoms. The molecule has 3 rings (SSSR count). The molecule has 1 N–H and O–H groups in total. The maximum Gasteiger partial charge on any atom is 0.232 e. The molecule has 6 heteroatoms. The first kappa shape index (κ1) is 18.2. The lowest BCUT2D eigenvalue weighted by atomic mass is 10.1. The van der Waals surface area contributed by atoms with Crippen LogP contribution in [-0.4, -0.2) is 19.2 Å². The van der Waals surface area contributed by atoms with Crippen molar-refractivity contribution in [2.75, 3.05) is 10.5 Å². The van der Waals surface area contributed by atoms with Gasteiger partial charge in [-0.05, 0) is 37.5 Å². The molecule has 136 valence electrons. The summed E-state index contributed by atoms with van der Waals surface area (Å²) in [4.78, 5) is 4.35. The monoisotopic (exact) mass is 370 g/mol. The van der Waals surface area contributed by atoms with E-state index in [9.17, 15) is 8.42 Å². The van der Waals surface area contributed by atoms with E-state index in [-0.39, 0.29) is 5.75 Å². The molecule has 0 radical (unpaired) electrons. The minimum absolute atomic E-state index is 0.0885. The zero-order valence-corrected chi connectivity index (χ0v) is 15.7. The Morgan fingerprint density at radius 3 is 2.31 bits per heavy atom. The number of sulfonamides is 1. The highest BCUT2D eigenvalue weighted by Gasteiger charge is 2.12. The van der Waals surface area contributed by atoms with Crippen LogP contribution in [0.25, 0.3) is 11.3 Å². The quantitative estimate of drug-likeness (QED) is 0.672. The molecule has 0 aliphatic rings. The Labute approximate surface area is 154 Å². The molecule has 26 heavy (non-hydrogen) atoms. The average Bonchev–Trinajstić information content (AvgIpc) is 2.94. The lowest BCUT2D eigenvalue weighted by Crippen LogP contribution is -2.17. The first-order chi connectivity index (χ1) is 12.4. The van der Waals surface area contributed by atoms with Crippen LogP contribution in [0.5, 0.6) is 0 Å². The van der Waals surface area contributed by atoms with Crippen LogP contribution in [0.3, 0.4) is 0 Å². The molecule has 0 amide bonds. The lowest BCUT2D eigenvalue weighted by molar-refractivity contribution is 0.495. The highest BCUT2D eigenvalue weighted by atomic mass is 32.2. The number of hydrogen-bond donors (Lipinski definition) is 1. The number of rotatable bonds is 7. The third kappa shape index (κ3) is 4.73. The number of aromatic nitrogens is 1. The standard InChI is InChI=1S/C20H22N2O3S/c1-15-20(21-16(2)25-15)18-10-12-19(13-11-18)22-26(23,24)14-6-9-17-7-4-3-5-8-17/h3-5,7-8,10-13,22H,6,9,14H2,1-2H3. The Morgan fingerprint density at radius 1 is 1.00 bits per heavy atom. The summed E-state index contributed by atoms with van der Waals surface area (Å²) in [5.74, 6) is 1.45. The van der Waals surface area contributed by atoms with Crippen molar-refractivity contribution in [3.8, 4) is 11.3 Å². The van der Waals surface area contributed by atoms with Gasteiger partial charge in [-0.25, -0.2) is 13.4 Å². The number of aryl methyl sites for hydroxylation is 3. The van der Waals surface area contributed by atoms with Crippen LogP contribution in [0.4, 0.5) is 5.69 Å². The smallest absolute Gasteiger partial charge is 0.232 e. The highest BCUT2D eigenvalue weighted by molar-refractivity contribution is 7.92. The van der Waals surface area contributed by atoms with Crippen molar-refractivity contribution >= 4 is 15.7 Å². The zero-order chi connectivity index (χ0) is 18.6. The minimum atomic E-state index is -3.37. The Balaban J connectivity index is 1.60. The Hall–Kier alpha value is -2.60. The average molecular weight is 370 g/mol. The van der Waals surface area contributed by atoms with E-state index in [1.165, 1.54) is 0 Å². The summed E-state index contributed by atoms with van der Waals surface area (Å²) in [6.07, 6.45) is 1.32. The summed E-state index contributed by atoms with van der Waals surface area (Å²) in [5, 5.41) is 0. The van der Waals surface area contributed by atoms with E-state index in [1.54, 1.807) is 19.1 Å². The first-order valence-electron chi connectivity index (χ1n) is 8.52. The second kappa shape index (κ2) is 7.74. The molecule has 3 aromatic rings. The molecular formula is C20H22N2O3S. The topological polar surface area (TPSA) is 72.2 Å². The van der Waals surface area contributed by atoms with Crippen LogP contribution in [0.1, 0.15) is 23.6 Å². The molecule has 0 saturated heterocycles. The van der Waals surface area contributed by atoms with Gasteiger partial charge in [0.15, 0.2) is 5.89 Å². The molecule has 5 nitrogen and oxygen atoms in total. The van der Waals surface area contributed by atoms with Crippen molar-refractivity contribution < 1.29 is 12.8 Å². The normalized spacial score (nSPS) is 11.5. The van der Waals surface area contributed by atoms with Crippen molar-refractivity contribution in [1.82, 2.24) is 4.98 Å². The van der Waals surface area contributed by atoms with Crippen molar-refractivity contribution in [3.05, 3.63) is 71.8 Å². The van der Waals surface area contributed by atoms with Crippen LogP contribution in [-0.2, 0) is 16.4 Å². The number of nitrogens with one attached hydrogen (secondary N) is 1. The van der Waals surface area contributed by atoms with E-state index in [0.717, 1.165) is 29.0 Å². The molecule has 0 aliphatic heterocycles. The summed E-state index contributed by atoms with van der Waals surface area (Å²) in [7, 11) is -3.37. The molecule has 0 fully saturated rings. The summed E-state index contributed by atoms with van der Waals surface area (Å²) >= 11 is 0. The van der Waals surface area contributed by atoms with Crippen LogP contribution >= 0.6 is 0 Å². The van der Waals surface area contributed by atoms with Gasteiger partial charge in [0.25, 0.3) is 0 Å². The van der Waals surface area contributed by atoms with Gasteiger partial charge in [-0.2, -0.15) is 0 Å². The van der Waals surface area contributed by atoms with Gasteiger partial charge in [0.1, 0.15) is 11.5 Å². The summed E-state index contributed by atoms with van der Waals surface area (Å²) in [6.45, 7) is 3.66. The minimum Gasteiger partial charge on any atom is -0.446 e. The molecule has 0 aliphatic carbocycles. The van der Waals surface area contributed by atoms with Gasteiger partial charge in [0.05, 0.1) is 5.75 Å². The number of oxazole rings is 1. The number of hydrogen-bond acceptors (Lipinski definition) is 4. The maximum absolute atomic E-state index is 12.3. The fourth-order valence-electron chi connectivity index (χ4n) is 2.83. The fourth-order valence-corrected chi connectivity index (χ4v) is 3.96. The van der Waals surface area contributed by atoms with Crippen molar-refractivity contribution in [2.45, 2.75) is 26.7 Å². The molecule has 0 bridgehead atoms. The molecule has 0 atom stereocenters. The van der Waals surface area contributed by atoms with Gasteiger partial charge in [0.2, 0.25) is 10.0 Å². The van der Waals surface area contributed by atoms with Crippen molar-refractivity contribution in [2.24, 2.45) is 0 Å². The van der Waals surface area contributed by atoms with E-state index >= 15 is 0 Å².